The number of aldehydes is 1. The fourth-order valence-electron chi connectivity index (χ4n) is 0.796. The van der Waals surface area contributed by atoms with Gasteiger partial charge in [-0.2, -0.15) is 0 Å². The number of hydrogen-bond donors (Lipinski definition) is 0. The van der Waals surface area contributed by atoms with E-state index in [0.717, 1.165) is 12.1 Å². The van der Waals surface area contributed by atoms with Crippen molar-refractivity contribution in [2.24, 2.45) is 0 Å². The molecule has 14 heavy (non-hydrogen) atoms. The highest BCUT2D eigenvalue weighted by atomic mass is 19.4. The van der Waals surface area contributed by atoms with Gasteiger partial charge in [0.25, 0.3) is 0 Å². The predicted molar refractivity (Wildman–Crippen MR) is 38.5 cm³/mol. The molecule has 1 rings (SSSR count). The summed E-state index contributed by atoms with van der Waals surface area (Å²) >= 11 is 0. The zero-order valence-corrected chi connectivity index (χ0v) is 6.64. The van der Waals surface area contributed by atoms with Gasteiger partial charge in [-0.3, -0.25) is 4.79 Å². The van der Waals surface area contributed by atoms with Crippen molar-refractivity contribution in [2.45, 2.75) is 6.36 Å². The lowest BCUT2D eigenvalue weighted by atomic mass is 10.2. The minimum atomic E-state index is -4.97. The molecule has 76 valence electrons. The van der Waals surface area contributed by atoms with E-state index < -0.39 is 17.9 Å². The number of ether oxygens (including phenoxy) is 1. The van der Waals surface area contributed by atoms with Gasteiger partial charge in [-0.05, 0) is 18.2 Å². The summed E-state index contributed by atoms with van der Waals surface area (Å²) in [5, 5.41) is 0. The van der Waals surface area contributed by atoms with Gasteiger partial charge in [0.15, 0.2) is 11.6 Å². The lowest BCUT2D eigenvalue weighted by Gasteiger charge is -2.09. The summed E-state index contributed by atoms with van der Waals surface area (Å²) < 4.78 is 51.1. The molecule has 0 radical (unpaired) electrons. The summed E-state index contributed by atoms with van der Waals surface area (Å²) in [5.74, 6) is -2.19. The molecule has 6 heteroatoms. The molecule has 0 saturated heterocycles. The lowest BCUT2D eigenvalue weighted by Crippen LogP contribution is -2.18. The molecule has 0 aliphatic heterocycles. The van der Waals surface area contributed by atoms with Crippen molar-refractivity contribution in [3.63, 3.8) is 0 Å². The van der Waals surface area contributed by atoms with E-state index in [2.05, 4.69) is 4.74 Å². The maximum absolute atomic E-state index is 12.7. The second kappa shape index (κ2) is 3.65. The topological polar surface area (TPSA) is 26.3 Å². The molecule has 0 atom stereocenters. The largest absolute Gasteiger partial charge is 0.573 e. The second-order valence-electron chi connectivity index (χ2n) is 2.36. The summed E-state index contributed by atoms with van der Waals surface area (Å²) in [6, 6.07) is 2.45. The second-order valence-corrected chi connectivity index (χ2v) is 2.36. The lowest BCUT2D eigenvalue weighted by molar-refractivity contribution is -0.275. The van der Waals surface area contributed by atoms with Crippen LogP contribution >= 0.6 is 0 Å². The molecule has 0 aliphatic rings. The van der Waals surface area contributed by atoms with Crippen LogP contribution in [0.15, 0.2) is 18.2 Å². The molecule has 0 spiro atoms. The maximum atomic E-state index is 12.7. The van der Waals surface area contributed by atoms with Gasteiger partial charge in [-0.25, -0.2) is 4.39 Å². The molecule has 2 nitrogen and oxygen atoms in total. The van der Waals surface area contributed by atoms with Crippen molar-refractivity contribution in [3.8, 4) is 5.75 Å². The Kier molecular flexibility index (Phi) is 2.73. The molecular weight excluding hydrogens is 204 g/mol. The Morgan fingerprint density at radius 1 is 1.29 bits per heavy atom. The standard InChI is InChI=1S/C8H4F4O2/c9-6-2-1-5(4-13)3-7(6)14-8(10,11)12/h1-4H. The first-order chi connectivity index (χ1) is 6.42. The number of alkyl halides is 3. The van der Waals surface area contributed by atoms with E-state index in [9.17, 15) is 22.4 Å². The van der Waals surface area contributed by atoms with Gasteiger partial charge in [0.2, 0.25) is 0 Å². The minimum absolute atomic E-state index is 0.0920. The average Bonchev–Trinajstić information content (AvgIpc) is 2.06. The number of rotatable bonds is 2. The van der Waals surface area contributed by atoms with Gasteiger partial charge >= 0.3 is 6.36 Å². The van der Waals surface area contributed by atoms with Crippen LogP contribution in [0, 0.1) is 5.82 Å². The first kappa shape index (κ1) is 10.5. The normalized spacial score (nSPS) is 11.1. The van der Waals surface area contributed by atoms with Gasteiger partial charge in [-0.1, -0.05) is 0 Å². The van der Waals surface area contributed by atoms with E-state index in [-0.39, 0.29) is 5.56 Å². The minimum Gasteiger partial charge on any atom is -0.403 e. The molecule has 0 N–H and O–H groups in total. The summed E-state index contributed by atoms with van der Waals surface area (Å²) in [4.78, 5) is 10.2. The summed E-state index contributed by atoms with van der Waals surface area (Å²) in [7, 11) is 0. The molecule has 0 aliphatic carbocycles. The third kappa shape index (κ3) is 2.72. The van der Waals surface area contributed by atoms with Crippen molar-refractivity contribution < 1.29 is 27.1 Å². The van der Waals surface area contributed by atoms with Gasteiger partial charge < -0.3 is 4.74 Å². The van der Waals surface area contributed by atoms with Crippen molar-refractivity contribution in [3.05, 3.63) is 29.6 Å². The van der Waals surface area contributed by atoms with Crippen LogP contribution in [0.2, 0.25) is 0 Å². The van der Waals surface area contributed by atoms with Crippen LogP contribution in [0.5, 0.6) is 5.75 Å². The van der Waals surface area contributed by atoms with Crippen LogP contribution in [0.1, 0.15) is 10.4 Å². The molecule has 0 aromatic heterocycles. The predicted octanol–water partition coefficient (Wildman–Crippen LogP) is 2.54. The Labute approximate surface area is 76.1 Å². The van der Waals surface area contributed by atoms with Crippen LogP contribution in [-0.4, -0.2) is 12.6 Å². The van der Waals surface area contributed by atoms with E-state index in [1.807, 2.05) is 0 Å². The highest BCUT2D eigenvalue weighted by molar-refractivity contribution is 5.75. The number of hydrogen-bond acceptors (Lipinski definition) is 2. The first-order valence-corrected chi connectivity index (χ1v) is 3.43. The Hall–Kier alpha value is -1.59. The van der Waals surface area contributed by atoms with Crippen LogP contribution in [-0.2, 0) is 0 Å². The molecular formula is C8H4F4O2. The van der Waals surface area contributed by atoms with Gasteiger partial charge in [0, 0.05) is 5.56 Å². The van der Waals surface area contributed by atoms with E-state index in [1.165, 1.54) is 0 Å². The van der Waals surface area contributed by atoms with Crippen molar-refractivity contribution in [1.29, 1.82) is 0 Å². The SMILES string of the molecule is O=Cc1ccc(F)c(OC(F)(F)F)c1. The molecule has 0 bridgehead atoms. The number of benzene rings is 1. The van der Waals surface area contributed by atoms with Crippen LogP contribution in [0.4, 0.5) is 17.6 Å². The molecule has 0 unspecified atom stereocenters. The van der Waals surface area contributed by atoms with Gasteiger partial charge in [0.05, 0.1) is 0 Å². The molecule has 1 aromatic carbocycles. The first-order valence-electron chi connectivity index (χ1n) is 3.43. The van der Waals surface area contributed by atoms with Gasteiger partial charge in [-0.15, -0.1) is 13.2 Å². The Morgan fingerprint density at radius 2 is 1.93 bits per heavy atom. The average molecular weight is 208 g/mol. The van der Waals surface area contributed by atoms with E-state index >= 15 is 0 Å². The molecule has 1 aromatic rings. The van der Waals surface area contributed by atoms with E-state index in [1.54, 1.807) is 0 Å². The van der Waals surface area contributed by atoms with Crippen LogP contribution in [0.3, 0.4) is 0 Å². The van der Waals surface area contributed by atoms with Crippen molar-refractivity contribution in [1.82, 2.24) is 0 Å². The quantitative estimate of drug-likeness (QED) is 0.551. The summed E-state index contributed by atoms with van der Waals surface area (Å²) in [6.07, 6.45) is -4.68. The Bertz CT molecular complexity index is 346. The number of carbonyl (C=O) groups excluding carboxylic acids is 1. The highest BCUT2D eigenvalue weighted by Gasteiger charge is 2.32. The molecule has 0 saturated carbocycles. The van der Waals surface area contributed by atoms with Crippen molar-refractivity contribution >= 4 is 6.29 Å². The van der Waals surface area contributed by atoms with Gasteiger partial charge in [0.1, 0.15) is 6.29 Å². The summed E-state index contributed by atoms with van der Waals surface area (Å²) in [5.41, 5.74) is -0.0920. The zero-order chi connectivity index (χ0) is 10.8. The third-order valence-corrected chi connectivity index (χ3v) is 1.32. The highest BCUT2D eigenvalue weighted by Crippen LogP contribution is 2.25. The van der Waals surface area contributed by atoms with Crippen LogP contribution < -0.4 is 4.74 Å². The Balaban J connectivity index is 3.01. The fourth-order valence-corrected chi connectivity index (χ4v) is 0.796. The maximum Gasteiger partial charge on any atom is 0.573 e. The third-order valence-electron chi connectivity index (χ3n) is 1.32. The monoisotopic (exact) mass is 208 g/mol. The molecule has 0 heterocycles. The Morgan fingerprint density at radius 3 is 2.43 bits per heavy atom. The summed E-state index contributed by atoms with van der Waals surface area (Å²) in [6.45, 7) is 0. The number of halogens is 4. The smallest absolute Gasteiger partial charge is 0.403 e. The molecule has 0 fully saturated rings. The van der Waals surface area contributed by atoms with E-state index in [4.69, 9.17) is 0 Å². The van der Waals surface area contributed by atoms with Crippen molar-refractivity contribution in [2.75, 3.05) is 0 Å². The van der Waals surface area contributed by atoms with Crippen LogP contribution in [0.25, 0.3) is 0 Å². The van der Waals surface area contributed by atoms with E-state index in [0.29, 0.717) is 12.4 Å². The number of carbonyl (C=O) groups is 1. The zero-order valence-electron chi connectivity index (χ0n) is 6.64. The fraction of sp³-hybridized carbons (Fsp3) is 0.125. The molecule has 0 amide bonds.